The Hall–Kier alpha value is -3.51. The molecule has 2 amide bonds. The van der Waals surface area contributed by atoms with Crippen LogP contribution in [0.4, 0.5) is 5.69 Å². The summed E-state index contributed by atoms with van der Waals surface area (Å²) in [5.74, 6) is -0.299. The molecule has 1 aromatic heterocycles. The summed E-state index contributed by atoms with van der Waals surface area (Å²) in [5, 5.41) is 3.87. The van der Waals surface area contributed by atoms with Crippen molar-refractivity contribution < 1.29 is 27.5 Å². The molecule has 6 rings (SSSR count). The Morgan fingerprint density at radius 1 is 1.12 bits per heavy atom. The summed E-state index contributed by atoms with van der Waals surface area (Å²) in [6.45, 7) is 4.99. The maximum Gasteiger partial charge on any atom is 0.258 e. The summed E-state index contributed by atoms with van der Waals surface area (Å²) >= 11 is 0. The summed E-state index contributed by atoms with van der Waals surface area (Å²) in [5.41, 5.74) is 3.33. The van der Waals surface area contributed by atoms with Gasteiger partial charge in [-0.1, -0.05) is 18.2 Å². The van der Waals surface area contributed by atoms with E-state index in [-0.39, 0.29) is 29.4 Å². The lowest BCUT2D eigenvalue weighted by molar-refractivity contribution is -0.122. The number of fused-ring (bicyclic) bond motifs is 2. The Balaban J connectivity index is 1.35. The number of nitrogens with zero attached hydrogens (tertiary/aromatic N) is 3. The number of carbonyl (C=O) groups is 2. The number of morpholine rings is 1. The lowest BCUT2D eigenvalue weighted by atomic mass is 10.0. The maximum absolute atomic E-state index is 13.6. The Bertz CT molecular complexity index is 1620. The van der Waals surface area contributed by atoms with Gasteiger partial charge in [0.2, 0.25) is 15.9 Å². The molecule has 2 saturated heterocycles. The van der Waals surface area contributed by atoms with Crippen LogP contribution in [0.2, 0.25) is 0 Å². The smallest absolute Gasteiger partial charge is 0.258 e. The molecule has 1 N–H and O–H groups in total. The number of carbonyl (C=O) groups excluding carboxylic acids is 2. The van der Waals surface area contributed by atoms with Crippen molar-refractivity contribution in [3.63, 3.8) is 0 Å². The van der Waals surface area contributed by atoms with Gasteiger partial charge in [-0.3, -0.25) is 9.59 Å². The summed E-state index contributed by atoms with van der Waals surface area (Å²) in [6.07, 6.45) is 5.71. The predicted molar refractivity (Wildman–Crippen MR) is 156 cm³/mol. The number of likely N-dealkylation sites (N-methyl/N-ethyl adjacent to an activating group) is 1. The quantitative estimate of drug-likeness (QED) is 0.412. The molecule has 1 atom stereocenters. The third-order valence-electron chi connectivity index (χ3n) is 7.93. The van der Waals surface area contributed by atoms with Gasteiger partial charge in [0.15, 0.2) is 0 Å². The fourth-order valence-electron chi connectivity index (χ4n) is 5.81. The summed E-state index contributed by atoms with van der Waals surface area (Å²) in [4.78, 5) is 28.2. The maximum atomic E-state index is 13.6. The first-order valence-electron chi connectivity index (χ1n) is 14.1. The minimum atomic E-state index is -3.74. The highest BCUT2D eigenvalue weighted by Gasteiger charge is 2.34. The molecule has 3 aliphatic heterocycles. The lowest BCUT2D eigenvalue weighted by Crippen LogP contribution is -2.40. The zero-order valence-electron chi connectivity index (χ0n) is 23.0. The zero-order valence-corrected chi connectivity index (χ0v) is 23.9. The number of aromatic nitrogens is 1. The van der Waals surface area contributed by atoms with E-state index in [0.29, 0.717) is 56.2 Å². The van der Waals surface area contributed by atoms with Crippen molar-refractivity contribution in [1.29, 1.82) is 0 Å². The fraction of sp³-hybridized carbons (Fsp3) is 0.400. The highest BCUT2D eigenvalue weighted by molar-refractivity contribution is 7.89. The number of ether oxygens (including phenoxy) is 2. The Labute approximate surface area is 239 Å². The van der Waals surface area contributed by atoms with Gasteiger partial charge in [-0.15, -0.1) is 0 Å². The normalized spacial score (nSPS) is 20.7. The van der Waals surface area contributed by atoms with Crippen LogP contribution in [-0.2, 0) is 35.6 Å². The third-order valence-corrected chi connectivity index (χ3v) is 9.83. The molecule has 4 heterocycles. The molecule has 216 valence electrons. The van der Waals surface area contributed by atoms with Crippen molar-refractivity contribution in [3.05, 3.63) is 59.8 Å². The van der Waals surface area contributed by atoms with Crippen LogP contribution < -0.4 is 10.2 Å². The predicted octanol–water partition coefficient (Wildman–Crippen LogP) is 2.86. The van der Waals surface area contributed by atoms with Gasteiger partial charge in [0, 0.05) is 66.6 Å². The van der Waals surface area contributed by atoms with E-state index < -0.39 is 10.0 Å². The second-order valence-corrected chi connectivity index (χ2v) is 12.4. The molecule has 3 aromatic rings. The van der Waals surface area contributed by atoms with Crippen molar-refractivity contribution in [3.8, 4) is 0 Å². The molecule has 0 aliphatic carbocycles. The standard InChI is InChI=1S/C30H34N4O6S/c1-2-34-28-10-9-23(41(37,38)33-11-14-39-15-12-33)17-25(28)26(30(34)36)16-21-19-32(27-8-4-3-7-24(21)27)20-29(35)31-18-22-6-5-13-40-22/h3-4,7-10,16-17,19,22H,2,5-6,11-15,18,20H2,1H3,(H,31,35)/b26-16-/t22-/m1/s1. The molecule has 0 unspecified atom stereocenters. The van der Waals surface area contributed by atoms with Gasteiger partial charge in [0.1, 0.15) is 6.54 Å². The van der Waals surface area contributed by atoms with Crippen molar-refractivity contribution >= 4 is 50.1 Å². The highest BCUT2D eigenvalue weighted by Crippen LogP contribution is 2.40. The first kappa shape index (κ1) is 27.6. The number of benzene rings is 2. The van der Waals surface area contributed by atoms with Gasteiger partial charge < -0.3 is 24.3 Å². The molecular weight excluding hydrogens is 544 g/mol. The zero-order chi connectivity index (χ0) is 28.6. The van der Waals surface area contributed by atoms with Gasteiger partial charge in [-0.25, -0.2) is 8.42 Å². The van der Waals surface area contributed by atoms with Crippen LogP contribution in [-0.4, -0.2) is 81.2 Å². The van der Waals surface area contributed by atoms with Gasteiger partial charge in [0.25, 0.3) is 5.91 Å². The number of nitrogens with one attached hydrogen (secondary N) is 1. The van der Waals surface area contributed by atoms with Gasteiger partial charge in [-0.05, 0) is 50.1 Å². The number of para-hydroxylation sites is 1. The molecule has 3 aliphatic rings. The van der Waals surface area contributed by atoms with Crippen LogP contribution in [0.25, 0.3) is 22.6 Å². The van der Waals surface area contributed by atoms with E-state index in [2.05, 4.69) is 5.32 Å². The van der Waals surface area contributed by atoms with Crippen LogP contribution in [0.5, 0.6) is 0 Å². The van der Waals surface area contributed by atoms with Crippen molar-refractivity contribution in [2.75, 3.05) is 50.9 Å². The Morgan fingerprint density at radius 2 is 1.93 bits per heavy atom. The Morgan fingerprint density at radius 3 is 2.68 bits per heavy atom. The van der Waals surface area contributed by atoms with Crippen molar-refractivity contribution in [2.45, 2.75) is 37.3 Å². The number of anilines is 1. The van der Waals surface area contributed by atoms with Crippen LogP contribution >= 0.6 is 0 Å². The Kier molecular flexibility index (Phi) is 7.69. The third kappa shape index (κ3) is 5.30. The summed E-state index contributed by atoms with van der Waals surface area (Å²) in [6, 6.07) is 12.6. The molecule has 11 heteroatoms. The van der Waals surface area contributed by atoms with E-state index in [1.54, 1.807) is 23.1 Å². The molecule has 2 fully saturated rings. The van der Waals surface area contributed by atoms with Gasteiger partial charge in [-0.2, -0.15) is 4.31 Å². The first-order chi connectivity index (χ1) is 19.9. The number of hydrogen-bond donors (Lipinski definition) is 1. The number of amides is 2. The molecule has 2 aromatic carbocycles. The molecule has 0 radical (unpaired) electrons. The average molecular weight is 579 g/mol. The van der Waals surface area contributed by atoms with Gasteiger partial charge in [0.05, 0.1) is 29.9 Å². The second kappa shape index (κ2) is 11.4. The minimum Gasteiger partial charge on any atom is -0.379 e. The highest BCUT2D eigenvalue weighted by atomic mass is 32.2. The van der Waals surface area contributed by atoms with Crippen LogP contribution in [0.15, 0.2) is 53.6 Å². The molecule has 0 bridgehead atoms. The average Bonchev–Trinajstić information content (AvgIpc) is 3.70. The van der Waals surface area contributed by atoms with E-state index in [1.165, 1.54) is 4.31 Å². The molecule has 41 heavy (non-hydrogen) atoms. The van der Waals surface area contributed by atoms with E-state index >= 15 is 0 Å². The van der Waals surface area contributed by atoms with Crippen LogP contribution in [0.3, 0.4) is 0 Å². The largest absolute Gasteiger partial charge is 0.379 e. The first-order valence-corrected chi connectivity index (χ1v) is 15.5. The van der Waals surface area contributed by atoms with Crippen LogP contribution in [0.1, 0.15) is 30.9 Å². The second-order valence-electron chi connectivity index (χ2n) is 10.5. The SMILES string of the molecule is CCN1C(=O)/C(=C\c2cn(CC(=O)NC[C@H]3CCCO3)c3ccccc23)c2cc(S(=O)(=O)N3CCOCC3)ccc21. The van der Waals surface area contributed by atoms with E-state index in [0.717, 1.165) is 35.9 Å². The number of hydrogen-bond acceptors (Lipinski definition) is 6. The van der Waals surface area contributed by atoms with Crippen molar-refractivity contribution in [2.24, 2.45) is 0 Å². The molecule has 10 nitrogen and oxygen atoms in total. The minimum absolute atomic E-state index is 0.0626. The van der Waals surface area contributed by atoms with Crippen molar-refractivity contribution in [1.82, 2.24) is 14.2 Å². The lowest BCUT2D eigenvalue weighted by Gasteiger charge is -2.26. The van der Waals surface area contributed by atoms with E-state index in [9.17, 15) is 18.0 Å². The summed E-state index contributed by atoms with van der Waals surface area (Å²) in [7, 11) is -3.74. The fourth-order valence-corrected chi connectivity index (χ4v) is 7.24. The van der Waals surface area contributed by atoms with E-state index in [4.69, 9.17) is 9.47 Å². The molecular formula is C30H34N4O6S. The molecule has 0 spiro atoms. The van der Waals surface area contributed by atoms with Gasteiger partial charge >= 0.3 is 0 Å². The summed E-state index contributed by atoms with van der Waals surface area (Å²) < 4.78 is 41.1. The number of rotatable bonds is 8. The van der Waals surface area contributed by atoms with E-state index in [1.807, 2.05) is 48.0 Å². The monoisotopic (exact) mass is 578 g/mol. The topological polar surface area (TPSA) is 110 Å². The molecule has 0 saturated carbocycles. The number of sulfonamides is 1. The van der Waals surface area contributed by atoms with Crippen LogP contribution in [0, 0.1) is 0 Å².